The smallest absolute Gasteiger partial charge is 0.224 e. The zero-order chi connectivity index (χ0) is 18.7. The lowest BCUT2D eigenvalue weighted by Gasteiger charge is -2.08. The van der Waals surface area contributed by atoms with E-state index in [0.29, 0.717) is 0 Å². The van der Waals surface area contributed by atoms with Crippen LogP contribution in [-0.2, 0) is 17.8 Å². The third-order valence-corrected chi connectivity index (χ3v) is 4.30. The van der Waals surface area contributed by atoms with Crippen molar-refractivity contribution in [3.63, 3.8) is 0 Å². The van der Waals surface area contributed by atoms with Crippen molar-refractivity contribution in [1.29, 1.82) is 0 Å². The molecule has 0 aliphatic carbocycles. The minimum absolute atomic E-state index is 0.0978. The molecule has 0 unspecified atom stereocenters. The third kappa shape index (κ3) is 3.64. The van der Waals surface area contributed by atoms with Crippen molar-refractivity contribution < 1.29 is 13.6 Å². The van der Waals surface area contributed by atoms with Gasteiger partial charge in [0, 0.05) is 23.4 Å². The van der Waals surface area contributed by atoms with Crippen molar-refractivity contribution in [1.82, 2.24) is 15.1 Å². The molecule has 3 rings (SSSR count). The Morgan fingerprint density at radius 1 is 1.00 bits per heavy atom. The Hall–Kier alpha value is -3.02. The Bertz CT molecular complexity index is 915. The molecule has 26 heavy (non-hydrogen) atoms. The summed E-state index contributed by atoms with van der Waals surface area (Å²) in [5, 5.41) is 7.07. The van der Waals surface area contributed by atoms with Crippen LogP contribution < -0.4 is 5.32 Å². The lowest BCUT2D eigenvalue weighted by molar-refractivity contribution is -0.120. The maximum Gasteiger partial charge on any atom is 0.224 e. The van der Waals surface area contributed by atoms with Crippen LogP contribution in [0.5, 0.6) is 0 Å². The predicted octanol–water partition coefficient (Wildman–Crippen LogP) is 3.63. The Labute approximate surface area is 150 Å². The summed E-state index contributed by atoms with van der Waals surface area (Å²) in [6.45, 7) is 3.54. The molecule has 0 saturated carbocycles. The number of carbonyl (C=O) groups excluding carboxylic acids is 1. The highest BCUT2D eigenvalue weighted by atomic mass is 19.1. The number of amides is 1. The number of aromatic nitrogens is 2. The van der Waals surface area contributed by atoms with Gasteiger partial charge in [-0.1, -0.05) is 24.3 Å². The number of halogens is 2. The van der Waals surface area contributed by atoms with E-state index >= 15 is 0 Å². The summed E-state index contributed by atoms with van der Waals surface area (Å²) in [6.07, 6.45) is 0.0978. The molecular weight excluding hydrogens is 336 g/mol. The fourth-order valence-electron chi connectivity index (χ4n) is 2.86. The molecule has 0 atom stereocenters. The van der Waals surface area contributed by atoms with Crippen molar-refractivity contribution in [2.75, 3.05) is 0 Å². The van der Waals surface area contributed by atoms with Crippen LogP contribution in [-0.4, -0.2) is 15.7 Å². The first-order chi connectivity index (χ1) is 12.5. The van der Waals surface area contributed by atoms with E-state index in [9.17, 15) is 13.6 Å². The molecule has 1 heterocycles. The summed E-state index contributed by atoms with van der Waals surface area (Å²) >= 11 is 0. The molecule has 0 aliphatic heterocycles. The molecule has 0 aliphatic rings. The van der Waals surface area contributed by atoms with E-state index in [1.165, 1.54) is 18.2 Å². The van der Waals surface area contributed by atoms with Crippen LogP contribution in [0, 0.1) is 25.5 Å². The van der Waals surface area contributed by atoms with Crippen LogP contribution >= 0.6 is 0 Å². The second-order valence-electron chi connectivity index (χ2n) is 6.05. The molecule has 0 fully saturated rings. The molecule has 6 heteroatoms. The largest absolute Gasteiger partial charge is 0.352 e. The lowest BCUT2D eigenvalue weighted by Crippen LogP contribution is -2.26. The fourth-order valence-corrected chi connectivity index (χ4v) is 2.86. The van der Waals surface area contributed by atoms with Crippen LogP contribution in [0.2, 0.25) is 0 Å². The highest BCUT2D eigenvalue weighted by Crippen LogP contribution is 2.18. The molecule has 1 amide bonds. The van der Waals surface area contributed by atoms with Crippen LogP contribution in [0.4, 0.5) is 8.78 Å². The summed E-state index contributed by atoms with van der Waals surface area (Å²) in [5.41, 5.74) is 3.18. The topological polar surface area (TPSA) is 46.9 Å². The number of para-hydroxylation sites is 1. The van der Waals surface area contributed by atoms with Gasteiger partial charge < -0.3 is 5.32 Å². The van der Waals surface area contributed by atoms with Crippen LogP contribution in [0.1, 0.15) is 22.5 Å². The molecule has 0 spiro atoms. The standard InChI is InChI=1S/C20H19F2N3O/c1-13-16(14(2)25(24-13)15-7-4-3-5-8-15)11-20(26)23-12-17-18(21)9-6-10-19(17)22/h3-10H,11-12H2,1-2H3,(H,23,26). The third-order valence-electron chi connectivity index (χ3n) is 4.30. The SMILES string of the molecule is Cc1nn(-c2ccccc2)c(C)c1CC(=O)NCc1c(F)cccc1F. The monoisotopic (exact) mass is 355 g/mol. The first-order valence-corrected chi connectivity index (χ1v) is 8.27. The van der Waals surface area contributed by atoms with E-state index in [4.69, 9.17) is 0 Å². The minimum Gasteiger partial charge on any atom is -0.352 e. The summed E-state index contributed by atoms with van der Waals surface area (Å²) in [5.74, 6) is -1.66. The molecule has 3 aromatic rings. The van der Waals surface area contributed by atoms with Gasteiger partial charge in [-0.25, -0.2) is 13.5 Å². The van der Waals surface area contributed by atoms with Gasteiger partial charge in [-0.05, 0) is 38.1 Å². The van der Waals surface area contributed by atoms with Crippen LogP contribution in [0.15, 0.2) is 48.5 Å². The Morgan fingerprint density at radius 3 is 2.31 bits per heavy atom. The maximum absolute atomic E-state index is 13.6. The second kappa shape index (κ2) is 7.47. The van der Waals surface area contributed by atoms with Crippen molar-refractivity contribution in [3.05, 3.63) is 82.7 Å². The highest BCUT2D eigenvalue weighted by Gasteiger charge is 2.16. The first kappa shape index (κ1) is 17.8. The Morgan fingerprint density at radius 2 is 1.65 bits per heavy atom. The molecule has 4 nitrogen and oxygen atoms in total. The molecule has 134 valence electrons. The summed E-state index contributed by atoms with van der Waals surface area (Å²) in [6, 6.07) is 13.3. The second-order valence-corrected chi connectivity index (χ2v) is 6.05. The Kier molecular flexibility index (Phi) is 5.11. The van der Waals surface area contributed by atoms with Gasteiger partial charge in [0.2, 0.25) is 5.91 Å². The van der Waals surface area contributed by atoms with Crippen molar-refractivity contribution in [2.24, 2.45) is 0 Å². The fraction of sp³-hybridized carbons (Fsp3) is 0.200. The van der Waals surface area contributed by atoms with Crippen molar-refractivity contribution in [2.45, 2.75) is 26.8 Å². The molecule has 1 aromatic heterocycles. The molecule has 1 N–H and O–H groups in total. The average molecular weight is 355 g/mol. The summed E-state index contributed by atoms with van der Waals surface area (Å²) in [7, 11) is 0. The Balaban J connectivity index is 1.73. The number of nitrogens with zero attached hydrogens (tertiary/aromatic N) is 2. The average Bonchev–Trinajstić information content (AvgIpc) is 2.90. The number of hydrogen-bond donors (Lipinski definition) is 1. The summed E-state index contributed by atoms with van der Waals surface area (Å²) < 4.78 is 29.1. The van der Waals surface area contributed by atoms with Gasteiger partial charge in [-0.2, -0.15) is 5.10 Å². The molecule has 0 saturated heterocycles. The van der Waals surface area contributed by atoms with Crippen molar-refractivity contribution in [3.8, 4) is 5.69 Å². The number of aryl methyl sites for hydroxylation is 1. The van der Waals surface area contributed by atoms with Gasteiger partial charge in [0.1, 0.15) is 11.6 Å². The molecule has 0 bridgehead atoms. The van der Waals surface area contributed by atoms with E-state index in [-0.39, 0.29) is 24.4 Å². The lowest BCUT2D eigenvalue weighted by atomic mass is 10.1. The minimum atomic E-state index is -0.672. The number of benzene rings is 2. The van der Waals surface area contributed by atoms with Gasteiger partial charge in [-0.3, -0.25) is 4.79 Å². The van der Waals surface area contributed by atoms with Gasteiger partial charge in [-0.15, -0.1) is 0 Å². The molecular formula is C20H19F2N3O. The zero-order valence-corrected chi connectivity index (χ0v) is 14.6. The van der Waals surface area contributed by atoms with Crippen molar-refractivity contribution >= 4 is 5.91 Å². The summed E-state index contributed by atoms with van der Waals surface area (Å²) in [4.78, 5) is 12.3. The zero-order valence-electron chi connectivity index (χ0n) is 14.6. The normalized spacial score (nSPS) is 10.8. The number of carbonyl (C=O) groups is 1. The number of nitrogens with one attached hydrogen (secondary N) is 1. The van der Waals surface area contributed by atoms with E-state index in [0.717, 1.165) is 22.6 Å². The molecule has 0 radical (unpaired) electrons. The number of rotatable bonds is 5. The van der Waals surface area contributed by atoms with Crippen LogP contribution in [0.25, 0.3) is 5.69 Å². The first-order valence-electron chi connectivity index (χ1n) is 8.27. The van der Waals surface area contributed by atoms with Gasteiger partial charge >= 0.3 is 0 Å². The highest BCUT2D eigenvalue weighted by molar-refractivity contribution is 5.79. The van der Waals surface area contributed by atoms with E-state index < -0.39 is 11.6 Å². The maximum atomic E-state index is 13.6. The van der Waals surface area contributed by atoms with E-state index in [1.807, 2.05) is 44.2 Å². The predicted molar refractivity (Wildman–Crippen MR) is 94.9 cm³/mol. The van der Waals surface area contributed by atoms with E-state index in [1.54, 1.807) is 4.68 Å². The van der Waals surface area contributed by atoms with Gasteiger partial charge in [0.25, 0.3) is 0 Å². The number of hydrogen-bond acceptors (Lipinski definition) is 2. The van der Waals surface area contributed by atoms with Gasteiger partial charge in [0.05, 0.1) is 17.8 Å². The van der Waals surface area contributed by atoms with E-state index in [2.05, 4.69) is 10.4 Å². The quantitative estimate of drug-likeness (QED) is 0.760. The molecule has 2 aromatic carbocycles. The van der Waals surface area contributed by atoms with Crippen LogP contribution in [0.3, 0.4) is 0 Å². The van der Waals surface area contributed by atoms with Gasteiger partial charge in [0.15, 0.2) is 0 Å².